The van der Waals surface area contributed by atoms with Crippen molar-refractivity contribution >= 4 is 17.4 Å². The highest BCUT2D eigenvalue weighted by molar-refractivity contribution is 7.99. The molecule has 1 aromatic carbocycles. The molecule has 2 aromatic rings. The normalized spacial score (nSPS) is 11.6. The van der Waals surface area contributed by atoms with Crippen LogP contribution in [-0.2, 0) is 6.18 Å². The van der Waals surface area contributed by atoms with E-state index in [-0.39, 0.29) is 0 Å². The zero-order valence-electron chi connectivity index (χ0n) is 10.0. The van der Waals surface area contributed by atoms with Gasteiger partial charge in [0, 0.05) is 16.8 Å². The first-order valence-corrected chi connectivity index (χ1v) is 6.25. The molecule has 1 heterocycles. The Bertz CT molecular complexity index is 579. The Morgan fingerprint density at radius 3 is 2.47 bits per heavy atom. The third-order valence-electron chi connectivity index (χ3n) is 2.49. The summed E-state index contributed by atoms with van der Waals surface area (Å²) < 4.78 is 37.2. The molecule has 0 aliphatic rings. The molecule has 1 aromatic heterocycles. The van der Waals surface area contributed by atoms with Crippen molar-refractivity contribution in [2.24, 2.45) is 0 Å². The number of benzene rings is 1. The largest absolute Gasteiger partial charge is 0.417 e. The van der Waals surface area contributed by atoms with Crippen molar-refractivity contribution in [2.45, 2.75) is 23.0 Å². The quantitative estimate of drug-likeness (QED) is 0.842. The SMILES string of the molecule is Cc1ccc(N)cc1Sc1ccc(C(F)(F)F)cn1. The molecule has 0 bridgehead atoms. The summed E-state index contributed by atoms with van der Waals surface area (Å²) >= 11 is 1.29. The number of nitrogen functional groups attached to an aromatic ring is 1. The van der Waals surface area contributed by atoms with E-state index in [4.69, 9.17) is 5.73 Å². The number of nitrogens with zero attached hydrogens (tertiary/aromatic N) is 1. The van der Waals surface area contributed by atoms with Crippen LogP contribution in [0.2, 0.25) is 0 Å². The van der Waals surface area contributed by atoms with Gasteiger partial charge in [-0.1, -0.05) is 17.8 Å². The Morgan fingerprint density at radius 2 is 1.89 bits per heavy atom. The van der Waals surface area contributed by atoms with E-state index in [2.05, 4.69) is 4.98 Å². The van der Waals surface area contributed by atoms with Gasteiger partial charge in [-0.3, -0.25) is 0 Å². The molecule has 0 aliphatic heterocycles. The summed E-state index contributed by atoms with van der Waals surface area (Å²) in [6, 6.07) is 7.80. The molecule has 2 rings (SSSR count). The standard InChI is InChI=1S/C13H11F3N2S/c1-8-2-4-10(17)6-11(8)19-12-5-3-9(7-18-12)13(14,15)16/h2-7H,17H2,1H3. The molecular formula is C13H11F3N2S. The van der Waals surface area contributed by atoms with E-state index >= 15 is 0 Å². The maximum absolute atomic E-state index is 12.4. The van der Waals surface area contributed by atoms with Crippen LogP contribution in [0.5, 0.6) is 0 Å². The van der Waals surface area contributed by atoms with Gasteiger partial charge in [-0.05, 0) is 36.8 Å². The highest BCUT2D eigenvalue weighted by atomic mass is 32.2. The molecule has 0 aliphatic carbocycles. The van der Waals surface area contributed by atoms with Crippen LogP contribution in [0.15, 0.2) is 46.5 Å². The number of aromatic nitrogens is 1. The van der Waals surface area contributed by atoms with Crippen molar-refractivity contribution in [3.63, 3.8) is 0 Å². The smallest absolute Gasteiger partial charge is 0.399 e. The molecule has 0 fully saturated rings. The van der Waals surface area contributed by atoms with Crippen molar-refractivity contribution in [1.82, 2.24) is 4.98 Å². The first-order chi connectivity index (χ1) is 8.86. The van der Waals surface area contributed by atoms with Crippen LogP contribution in [-0.4, -0.2) is 4.98 Å². The average molecular weight is 284 g/mol. The Morgan fingerprint density at radius 1 is 1.16 bits per heavy atom. The predicted octanol–water partition coefficient (Wildman–Crippen LogP) is 4.14. The fourth-order valence-corrected chi connectivity index (χ4v) is 2.34. The molecule has 0 amide bonds. The summed E-state index contributed by atoms with van der Waals surface area (Å²) in [6.07, 6.45) is -3.52. The number of halogens is 3. The summed E-state index contributed by atoms with van der Waals surface area (Å²) in [4.78, 5) is 4.70. The van der Waals surface area contributed by atoms with E-state index < -0.39 is 11.7 Å². The van der Waals surface area contributed by atoms with Gasteiger partial charge in [-0.2, -0.15) is 13.2 Å². The van der Waals surface area contributed by atoms with Gasteiger partial charge in [0.2, 0.25) is 0 Å². The number of aryl methyl sites for hydroxylation is 1. The van der Waals surface area contributed by atoms with Crippen LogP contribution in [0.4, 0.5) is 18.9 Å². The molecule has 0 saturated carbocycles. The second-order valence-corrected chi connectivity index (χ2v) is 5.07. The highest BCUT2D eigenvalue weighted by Crippen LogP contribution is 2.33. The van der Waals surface area contributed by atoms with Crippen molar-refractivity contribution < 1.29 is 13.2 Å². The Hall–Kier alpha value is -1.69. The van der Waals surface area contributed by atoms with Gasteiger partial charge in [-0.25, -0.2) is 4.98 Å². The number of hydrogen-bond donors (Lipinski definition) is 1. The summed E-state index contributed by atoms with van der Waals surface area (Å²) in [5.74, 6) is 0. The summed E-state index contributed by atoms with van der Waals surface area (Å²) in [7, 11) is 0. The second-order valence-electron chi connectivity index (χ2n) is 4.01. The zero-order chi connectivity index (χ0) is 14.0. The van der Waals surface area contributed by atoms with Crippen molar-refractivity contribution in [2.75, 3.05) is 5.73 Å². The van der Waals surface area contributed by atoms with Crippen LogP contribution in [0.3, 0.4) is 0 Å². The lowest BCUT2D eigenvalue weighted by Crippen LogP contribution is -2.05. The van der Waals surface area contributed by atoms with Gasteiger partial charge in [-0.15, -0.1) is 0 Å². The van der Waals surface area contributed by atoms with Crippen LogP contribution in [0.1, 0.15) is 11.1 Å². The van der Waals surface area contributed by atoms with E-state index in [1.165, 1.54) is 17.8 Å². The monoisotopic (exact) mass is 284 g/mol. The number of rotatable bonds is 2. The van der Waals surface area contributed by atoms with Gasteiger partial charge >= 0.3 is 6.18 Å². The number of pyridine rings is 1. The number of anilines is 1. The Labute approximate surface area is 112 Å². The van der Waals surface area contributed by atoms with Gasteiger partial charge in [0.15, 0.2) is 0 Å². The van der Waals surface area contributed by atoms with Gasteiger partial charge in [0.05, 0.1) is 5.56 Å². The maximum atomic E-state index is 12.4. The maximum Gasteiger partial charge on any atom is 0.417 e. The van der Waals surface area contributed by atoms with Crippen LogP contribution in [0, 0.1) is 6.92 Å². The first-order valence-electron chi connectivity index (χ1n) is 5.43. The van der Waals surface area contributed by atoms with Crippen LogP contribution in [0.25, 0.3) is 0 Å². The van der Waals surface area contributed by atoms with Gasteiger partial charge in [0.1, 0.15) is 5.03 Å². The number of nitrogens with two attached hydrogens (primary N) is 1. The molecule has 0 atom stereocenters. The van der Waals surface area contributed by atoms with Gasteiger partial charge < -0.3 is 5.73 Å². The van der Waals surface area contributed by atoms with Gasteiger partial charge in [0.25, 0.3) is 0 Å². The van der Waals surface area contributed by atoms with Crippen LogP contribution < -0.4 is 5.73 Å². The molecule has 0 saturated heterocycles. The fraction of sp³-hybridized carbons (Fsp3) is 0.154. The lowest BCUT2D eigenvalue weighted by Gasteiger charge is -2.08. The molecular weight excluding hydrogens is 273 g/mol. The first kappa shape index (κ1) is 13.7. The second kappa shape index (κ2) is 5.13. The molecule has 2 N–H and O–H groups in total. The summed E-state index contributed by atoms with van der Waals surface area (Å²) in [6.45, 7) is 1.91. The Balaban J connectivity index is 2.22. The van der Waals surface area contributed by atoms with Crippen molar-refractivity contribution in [1.29, 1.82) is 0 Å². The number of hydrogen-bond acceptors (Lipinski definition) is 3. The van der Waals surface area contributed by atoms with Crippen molar-refractivity contribution in [3.8, 4) is 0 Å². The van der Waals surface area contributed by atoms with Crippen LogP contribution >= 0.6 is 11.8 Å². The molecule has 2 nitrogen and oxygen atoms in total. The molecule has 0 unspecified atom stereocenters. The molecule has 0 spiro atoms. The lowest BCUT2D eigenvalue weighted by molar-refractivity contribution is -0.137. The average Bonchev–Trinajstić information content (AvgIpc) is 2.33. The molecule has 0 radical (unpaired) electrons. The van der Waals surface area contributed by atoms with E-state index in [9.17, 15) is 13.2 Å². The minimum Gasteiger partial charge on any atom is -0.399 e. The Kier molecular flexibility index (Phi) is 3.71. The third kappa shape index (κ3) is 3.41. The van der Waals surface area contributed by atoms with E-state index in [0.717, 1.165) is 22.7 Å². The minimum atomic E-state index is -4.36. The highest BCUT2D eigenvalue weighted by Gasteiger charge is 2.30. The summed E-state index contributed by atoms with van der Waals surface area (Å²) in [5.41, 5.74) is 6.54. The minimum absolute atomic E-state index is 0.502. The zero-order valence-corrected chi connectivity index (χ0v) is 10.8. The predicted molar refractivity (Wildman–Crippen MR) is 69.0 cm³/mol. The molecule has 100 valence electrons. The summed E-state index contributed by atoms with van der Waals surface area (Å²) in [5, 5.41) is 0.502. The third-order valence-corrected chi connectivity index (χ3v) is 3.60. The lowest BCUT2D eigenvalue weighted by atomic mass is 10.2. The topological polar surface area (TPSA) is 38.9 Å². The van der Waals surface area contributed by atoms with E-state index in [1.54, 1.807) is 12.1 Å². The van der Waals surface area contributed by atoms with E-state index in [1.807, 2.05) is 13.0 Å². The fourth-order valence-electron chi connectivity index (χ4n) is 1.45. The number of alkyl halides is 3. The molecule has 19 heavy (non-hydrogen) atoms. The van der Waals surface area contributed by atoms with E-state index in [0.29, 0.717) is 10.7 Å². The molecule has 6 heteroatoms. The van der Waals surface area contributed by atoms with Crippen molar-refractivity contribution in [3.05, 3.63) is 47.7 Å².